The quantitative estimate of drug-likeness (QED) is 0.871. The van der Waals surface area contributed by atoms with E-state index in [-0.39, 0.29) is 11.1 Å². The number of hydrogen-bond donors (Lipinski definition) is 1. The zero-order valence-corrected chi connectivity index (χ0v) is 13.1. The Balaban J connectivity index is 1.96. The van der Waals surface area contributed by atoms with Gasteiger partial charge in [0, 0.05) is 37.3 Å². The number of hydrogen-bond acceptors (Lipinski definition) is 5. The van der Waals surface area contributed by atoms with E-state index in [2.05, 4.69) is 16.8 Å². The van der Waals surface area contributed by atoms with Crippen molar-refractivity contribution in [3.63, 3.8) is 0 Å². The van der Waals surface area contributed by atoms with Crippen LogP contribution in [0.3, 0.4) is 0 Å². The molecule has 0 unspecified atom stereocenters. The molecule has 7 nitrogen and oxygen atoms in total. The van der Waals surface area contributed by atoms with Crippen LogP contribution in [0.15, 0.2) is 29.2 Å². The van der Waals surface area contributed by atoms with E-state index < -0.39 is 5.91 Å². The minimum absolute atomic E-state index is 0.000487. The molecule has 0 saturated carbocycles. The van der Waals surface area contributed by atoms with Gasteiger partial charge in [-0.25, -0.2) is 4.98 Å². The van der Waals surface area contributed by atoms with Gasteiger partial charge in [-0.1, -0.05) is 0 Å². The summed E-state index contributed by atoms with van der Waals surface area (Å²) >= 11 is 0. The van der Waals surface area contributed by atoms with Crippen LogP contribution in [-0.4, -0.2) is 52.7 Å². The first kappa shape index (κ1) is 15.6. The summed E-state index contributed by atoms with van der Waals surface area (Å²) in [6.45, 7) is 5.46. The third-order valence-corrected chi connectivity index (χ3v) is 4.23. The summed E-state index contributed by atoms with van der Waals surface area (Å²) in [5.74, 6) is -0.714. The third-order valence-electron chi connectivity index (χ3n) is 4.23. The molecule has 2 aromatic heterocycles. The number of pyridine rings is 2. The van der Waals surface area contributed by atoms with Gasteiger partial charge in [0.15, 0.2) is 0 Å². The number of nitrogens with two attached hydrogens (primary N) is 1. The highest BCUT2D eigenvalue weighted by atomic mass is 16.5. The number of rotatable bonds is 4. The fourth-order valence-corrected chi connectivity index (χ4v) is 2.91. The van der Waals surface area contributed by atoms with Gasteiger partial charge in [-0.05, 0) is 25.1 Å². The second-order valence-corrected chi connectivity index (χ2v) is 5.76. The lowest BCUT2D eigenvalue weighted by molar-refractivity contribution is -0.00163. The largest absolute Gasteiger partial charge is 0.379 e. The number of ether oxygens (including phenoxy) is 1. The van der Waals surface area contributed by atoms with E-state index in [0.717, 1.165) is 11.9 Å². The Bertz CT molecular complexity index is 786. The van der Waals surface area contributed by atoms with Crippen LogP contribution in [0, 0.1) is 0 Å². The van der Waals surface area contributed by atoms with Crippen molar-refractivity contribution in [1.82, 2.24) is 14.5 Å². The first-order valence-corrected chi connectivity index (χ1v) is 7.68. The number of carbonyl (C=O) groups excluding carboxylic acids is 1. The summed E-state index contributed by atoms with van der Waals surface area (Å²) in [7, 11) is 0. The predicted octanol–water partition coefficient (Wildman–Crippen LogP) is 0.216. The highest BCUT2D eigenvalue weighted by Gasteiger charge is 2.20. The van der Waals surface area contributed by atoms with Crippen molar-refractivity contribution >= 4 is 16.9 Å². The van der Waals surface area contributed by atoms with E-state index in [1.165, 1.54) is 10.6 Å². The van der Waals surface area contributed by atoms with E-state index >= 15 is 0 Å². The van der Waals surface area contributed by atoms with Crippen LogP contribution >= 0.6 is 0 Å². The van der Waals surface area contributed by atoms with Gasteiger partial charge >= 0.3 is 0 Å². The van der Waals surface area contributed by atoms with E-state index in [1.54, 1.807) is 12.3 Å². The monoisotopic (exact) mass is 316 g/mol. The van der Waals surface area contributed by atoms with Crippen molar-refractivity contribution < 1.29 is 9.53 Å². The number of amides is 1. The molecule has 122 valence electrons. The van der Waals surface area contributed by atoms with Crippen LogP contribution < -0.4 is 11.3 Å². The first-order chi connectivity index (χ1) is 11.1. The maximum absolute atomic E-state index is 12.6. The molecule has 0 radical (unpaired) electrons. The Hall–Kier alpha value is -2.25. The molecule has 23 heavy (non-hydrogen) atoms. The smallest absolute Gasteiger partial charge is 0.265 e. The Labute approximate surface area is 133 Å². The number of morpholine rings is 1. The molecule has 0 bridgehead atoms. The molecule has 1 saturated heterocycles. The van der Waals surface area contributed by atoms with Crippen molar-refractivity contribution in [3.05, 3.63) is 40.3 Å². The summed E-state index contributed by atoms with van der Waals surface area (Å²) in [5, 5.41) is 0.732. The molecule has 0 aliphatic carbocycles. The number of carbonyl (C=O) groups is 1. The van der Waals surface area contributed by atoms with Crippen LogP contribution in [0.2, 0.25) is 0 Å². The molecule has 1 fully saturated rings. The average Bonchev–Trinajstić information content (AvgIpc) is 2.54. The van der Waals surface area contributed by atoms with Crippen molar-refractivity contribution in [2.24, 2.45) is 5.73 Å². The van der Waals surface area contributed by atoms with Crippen LogP contribution in [-0.2, 0) is 11.3 Å². The molecular formula is C16H20N4O3. The third kappa shape index (κ3) is 3.11. The van der Waals surface area contributed by atoms with Crippen molar-refractivity contribution in [3.8, 4) is 0 Å². The molecule has 1 aliphatic rings. The van der Waals surface area contributed by atoms with Gasteiger partial charge in [0.1, 0.15) is 11.2 Å². The second-order valence-electron chi connectivity index (χ2n) is 5.76. The standard InChI is InChI=1S/C16H20N4O3/c1-11-10-23-8-7-19(11)5-6-20-15-12(3-2-4-18-15)9-13(14(17)21)16(20)22/h2-4,9,11H,5-8,10H2,1H3,(H2,17,21)/t11-/m0/s1. The van der Waals surface area contributed by atoms with E-state index in [0.29, 0.717) is 38.0 Å². The SMILES string of the molecule is C[C@H]1COCCN1CCn1c(=O)c(C(N)=O)cc2cccnc21. The minimum Gasteiger partial charge on any atom is -0.379 e. The fraction of sp³-hybridized carbons (Fsp3) is 0.438. The van der Waals surface area contributed by atoms with Gasteiger partial charge < -0.3 is 10.5 Å². The lowest BCUT2D eigenvalue weighted by atomic mass is 10.2. The van der Waals surface area contributed by atoms with Crippen LogP contribution in [0.25, 0.3) is 11.0 Å². The summed E-state index contributed by atoms with van der Waals surface area (Å²) in [4.78, 5) is 30.7. The topological polar surface area (TPSA) is 90.5 Å². The highest BCUT2D eigenvalue weighted by molar-refractivity contribution is 5.95. The molecular weight excluding hydrogens is 296 g/mol. The van der Waals surface area contributed by atoms with Gasteiger partial charge in [-0.3, -0.25) is 19.1 Å². The summed E-state index contributed by atoms with van der Waals surface area (Å²) in [5.41, 5.74) is 5.52. The Kier molecular flexibility index (Phi) is 4.40. The molecule has 2 aromatic rings. The molecule has 1 amide bonds. The minimum atomic E-state index is -0.714. The Morgan fingerprint density at radius 1 is 1.48 bits per heavy atom. The van der Waals surface area contributed by atoms with Gasteiger partial charge in [-0.15, -0.1) is 0 Å². The lowest BCUT2D eigenvalue weighted by Gasteiger charge is -2.33. The lowest BCUT2D eigenvalue weighted by Crippen LogP contribution is -2.45. The van der Waals surface area contributed by atoms with E-state index in [4.69, 9.17) is 10.5 Å². The van der Waals surface area contributed by atoms with Crippen molar-refractivity contribution in [2.75, 3.05) is 26.3 Å². The van der Waals surface area contributed by atoms with Crippen LogP contribution in [0.5, 0.6) is 0 Å². The second kappa shape index (κ2) is 6.47. The van der Waals surface area contributed by atoms with Crippen LogP contribution in [0.1, 0.15) is 17.3 Å². The summed E-state index contributed by atoms with van der Waals surface area (Å²) in [6, 6.07) is 5.41. The summed E-state index contributed by atoms with van der Waals surface area (Å²) < 4.78 is 6.96. The predicted molar refractivity (Wildman–Crippen MR) is 86.4 cm³/mol. The molecule has 0 aromatic carbocycles. The molecule has 3 rings (SSSR count). The number of primary amides is 1. The van der Waals surface area contributed by atoms with Gasteiger partial charge in [0.05, 0.1) is 13.2 Å². The average molecular weight is 316 g/mol. The van der Waals surface area contributed by atoms with Gasteiger partial charge in [0.25, 0.3) is 11.5 Å². The van der Waals surface area contributed by atoms with Crippen molar-refractivity contribution in [1.29, 1.82) is 0 Å². The molecule has 2 N–H and O–H groups in total. The van der Waals surface area contributed by atoms with E-state index in [1.807, 2.05) is 6.07 Å². The van der Waals surface area contributed by atoms with Gasteiger partial charge in [-0.2, -0.15) is 0 Å². The van der Waals surface area contributed by atoms with Gasteiger partial charge in [0.2, 0.25) is 0 Å². The Morgan fingerprint density at radius 3 is 3.04 bits per heavy atom. The van der Waals surface area contributed by atoms with Crippen LogP contribution in [0.4, 0.5) is 0 Å². The van der Waals surface area contributed by atoms with E-state index in [9.17, 15) is 9.59 Å². The number of fused-ring (bicyclic) bond motifs is 1. The molecule has 1 aliphatic heterocycles. The number of aromatic nitrogens is 2. The molecule has 0 spiro atoms. The zero-order valence-electron chi connectivity index (χ0n) is 13.1. The highest BCUT2D eigenvalue weighted by Crippen LogP contribution is 2.12. The van der Waals surface area contributed by atoms with Crippen molar-refractivity contribution in [2.45, 2.75) is 19.5 Å². The summed E-state index contributed by atoms with van der Waals surface area (Å²) in [6.07, 6.45) is 1.64. The zero-order chi connectivity index (χ0) is 16.4. The first-order valence-electron chi connectivity index (χ1n) is 7.68. The maximum Gasteiger partial charge on any atom is 0.265 e. The Morgan fingerprint density at radius 2 is 2.30 bits per heavy atom. The fourth-order valence-electron chi connectivity index (χ4n) is 2.91. The molecule has 7 heteroatoms. The molecule has 1 atom stereocenters. The number of nitrogens with zero attached hydrogens (tertiary/aromatic N) is 3. The molecule has 3 heterocycles. The normalized spacial score (nSPS) is 19.1. The maximum atomic E-state index is 12.6.